The van der Waals surface area contributed by atoms with Crippen molar-refractivity contribution >= 4 is 16.7 Å². The first-order chi connectivity index (χ1) is 12.6. The number of aromatic amines is 1. The fourth-order valence-electron chi connectivity index (χ4n) is 3.79. The number of aromatic nitrogens is 2. The molecule has 6 nitrogen and oxygen atoms in total. The number of aryl methyl sites for hydroxylation is 1. The van der Waals surface area contributed by atoms with Gasteiger partial charge in [-0.1, -0.05) is 26.2 Å². The minimum atomic E-state index is -0.830. The quantitative estimate of drug-likeness (QED) is 0.556. The first-order valence-electron chi connectivity index (χ1n) is 9.61. The van der Waals surface area contributed by atoms with Gasteiger partial charge >= 0.3 is 5.69 Å². The van der Waals surface area contributed by atoms with Crippen molar-refractivity contribution in [3.8, 4) is 0 Å². The van der Waals surface area contributed by atoms with Crippen molar-refractivity contribution in [2.75, 3.05) is 19.6 Å². The van der Waals surface area contributed by atoms with Crippen LogP contribution in [0.5, 0.6) is 0 Å². The first kappa shape index (κ1) is 18.8. The van der Waals surface area contributed by atoms with Gasteiger partial charge in [0, 0.05) is 18.6 Å². The summed E-state index contributed by atoms with van der Waals surface area (Å²) >= 11 is 0. The molecule has 0 unspecified atom stereocenters. The Morgan fingerprint density at radius 3 is 2.81 bits per heavy atom. The van der Waals surface area contributed by atoms with Crippen molar-refractivity contribution in [2.45, 2.75) is 51.9 Å². The molecule has 1 saturated heterocycles. The van der Waals surface area contributed by atoms with Crippen LogP contribution in [0, 0.1) is 21.8 Å². The van der Waals surface area contributed by atoms with Crippen molar-refractivity contribution in [2.24, 2.45) is 5.92 Å². The van der Waals surface area contributed by atoms with Crippen LogP contribution >= 0.6 is 0 Å². The number of imidazole rings is 1. The smallest absolute Gasteiger partial charge is 0.307 e. The van der Waals surface area contributed by atoms with E-state index in [1.807, 2.05) is 0 Å². The summed E-state index contributed by atoms with van der Waals surface area (Å²) in [7, 11) is 0. The first-order valence-corrected chi connectivity index (χ1v) is 9.61. The highest BCUT2D eigenvalue weighted by Crippen LogP contribution is 2.24. The van der Waals surface area contributed by atoms with Gasteiger partial charge < -0.3 is 9.88 Å². The monoisotopic (exact) mass is 362 g/mol. The van der Waals surface area contributed by atoms with Crippen LogP contribution < -0.4 is 0 Å². The molecule has 1 aliphatic heterocycles. The maximum atomic E-state index is 13.7. The third-order valence-electron chi connectivity index (χ3n) is 5.36. The molecule has 1 aromatic heterocycles. The molecule has 0 aliphatic carbocycles. The van der Waals surface area contributed by atoms with Gasteiger partial charge in [-0.2, -0.15) is 4.39 Å². The largest absolute Gasteiger partial charge is 0.342 e. The predicted molar refractivity (Wildman–Crippen MR) is 99.7 cm³/mol. The maximum Gasteiger partial charge on any atom is 0.307 e. The van der Waals surface area contributed by atoms with E-state index in [0.29, 0.717) is 11.0 Å². The molecule has 1 aliphatic rings. The van der Waals surface area contributed by atoms with E-state index in [2.05, 4.69) is 21.8 Å². The van der Waals surface area contributed by atoms with E-state index < -0.39 is 16.4 Å². The number of nitro groups is 1. The second-order valence-corrected chi connectivity index (χ2v) is 7.29. The van der Waals surface area contributed by atoms with E-state index in [0.717, 1.165) is 37.2 Å². The van der Waals surface area contributed by atoms with Crippen molar-refractivity contribution in [3.63, 3.8) is 0 Å². The number of benzene rings is 1. The number of unbranched alkanes of at least 4 members (excludes halogenated alkanes) is 1. The molecule has 1 N–H and O–H groups in total. The van der Waals surface area contributed by atoms with E-state index in [-0.39, 0.29) is 0 Å². The van der Waals surface area contributed by atoms with Crippen LogP contribution in [0.1, 0.15) is 51.3 Å². The average molecular weight is 362 g/mol. The molecule has 0 atom stereocenters. The molecule has 0 bridgehead atoms. The normalized spacial score (nSPS) is 16.4. The van der Waals surface area contributed by atoms with Gasteiger partial charge in [0.25, 0.3) is 0 Å². The van der Waals surface area contributed by atoms with Gasteiger partial charge in [-0.05, 0) is 44.8 Å². The summed E-state index contributed by atoms with van der Waals surface area (Å²) in [5, 5.41) is 10.8. The molecule has 26 heavy (non-hydrogen) atoms. The minimum Gasteiger partial charge on any atom is -0.342 e. The minimum absolute atomic E-state index is 0.449. The summed E-state index contributed by atoms with van der Waals surface area (Å²) in [6.07, 6.45) is 8.33. The lowest BCUT2D eigenvalue weighted by atomic mass is 9.91. The summed E-state index contributed by atoms with van der Waals surface area (Å²) < 4.78 is 13.7. The Hall–Kier alpha value is -2.02. The number of nitrogens with one attached hydrogen (secondary N) is 1. The van der Waals surface area contributed by atoms with Crippen LogP contribution in [0.4, 0.5) is 10.1 Å². The Bertz CT molecular complexity index is 753. The second-order valence-electron chi connectivity index (χ2n) is 7.29. The lowest BCUT2D eigenvalue weighted by Gasteiger charge is -2.31. The molecule has 0 radical (unpaired) electrons. The van der Waals surface area contributed by atoms with Crippen molar-refractivity contribution in [1.82, 2.24) is 14.9 Å². The Kier molecular flexibility index (Phi) is 6.19. The van der Waals surface area contributed by atoms with Crippen LogP contribution in [-0.2, 0) is 6.42 Å². The molecular weight excluding hydrogens is 335 g/mol. The summed E-state index contributed by atoms with van der Waals surface area (Å²) in [6.45, 7) is 5.63. The molecule has 2 aromatic rings. The predicted octanol–water partition coefficient (Wildman–Crippen LogP) is 4.45. The zero-order valence-corrected chi connectivity index (χ0v) is 15.3. The van der Waals surface area contributed by atoms with Crippen LogP contribution in [0.2, 0.25) is 0 Å². The topological polar surface area (TPSA) is 75.1 Å². The number of rotatable bonds is 8. The van der Waals surface area contributed by atoms with Gasteiger partial charge in [0.15, 0.2) is 0 Å². The van der Waals surface area contributed by atoms with E-state index >= 15 is 0 Å². The Balaban J connectivity index is 1.49. The summed E-state index contributed by atoms with van der Waals surface area (Å²) in [6, 6.07) is 2.36. The number of hydrogen-bond donors (Lipinski definition) is 1. The van der Waals surface area contributed by atoms with Crippen LogP contribution in [0.3, 0.4) is 0 Å². The maximum absolute atomic E-state index is 13.7. The Morgan fingerprint density at radius 1 is 1.35 bits per heavy atom. The number of nitro benzene ring substituents is 1. The lowest BCUT2D eigenvalue weighted by molar-refractivity contribution is -0.387. The highest BCUT2D eigenvalue weighted by Gasteiger charge is 2.19. The van der Waals surface area contributed by atoms with Gasteiger partial charge in [-0.15, -0.1) is 0 Å². The third kappa shape index (κ3) is 4.58. The van der Waals surface area contributed by atoms with Gasteiger partial charge in [0.2, 0.25) is 5.82 Å². The molecular formula is C19H27FN4O2. The molecule has 1 aromatic carbocycles. The average Bonchev–Trinajstić information content (AvgIpc) is 3.01. The van der Waals surface area contributed by atoms with Gasteiger partial charge in [0.1, 0.15) is 5.82 Å². The van der Waals surface area contributed by atoms with E-state index in [4.69, 9.17) is 0 Å². The molecule has 7 heteroatoms. The number of hydrogen-bond acceptors (Lipinski definition) is 4. The van der Waals surface area contributed by atoms with E-state index in [9.17, 15) is 14.5 Å². The number of likely N-dealkylation sites (tertiary alicyclic amines) is 1. The lowest BCUT2D eigenvalue weighted by Crippen LogP contribution is -2.34. The summed E-state index contributed by atoms with van der Waals surface area (Å²) in [4.78, 5) is 20.1. The number of halogens is 1. The molecule has 0 spiro atoms. The van der Waals surface area contributed by atoms with E-state index in [1.54, 1.807) is 0 Å². The van der Waals surface area contributed by atoms with Crippen molar-refractivity contribution in [3.05, 3.63) is 33.9 Å². The molecule has 1 fully saturated rings. The highest BCUT2D eigenvalue weighted by molar-refractivity contribution is 5.78. The SMILES string of the molecule is CCCCC1CCN(CCCc2nc3cc([N+](=O)[O-])c(F)cc3[nH]2)CC1. The molecule has 3 rings (SSSR count). The molecule has 142 valence electrons. The fourth-order valence-corrected chi connectivity index (χ4v) is 3.79. The standard InChI is InChI=1S/C19H27FN4O2/c1-2-3-5-14-7-10-23(11-8-14)9-4-6-19-21-16-12-15(20)18(24(25)26)13-17(16)22-19/h12-14H,2-11H2,1H3,(H,21,22). The number of piperidine rings is 1. The zero-order chi connectivity index (χ0) is 18.5. The van der Waals surface area contributed by atoms with Crippen molar-refractivity contribution in [1.29, 1.82) is 0 Å². The third-order valence-corrected chi connectivity index (χ3v) is 5.36. The van der Waals surface area contributed by atoms with Crippen LogP contribution in [0.25, 0.3) is 11.0 Å². The Labute approximate surface area is 152 Å². The van der Waals surface area contributed by atoms with Crippen LogP contribution in [0.15, 0.2) is 12.1 Å². The second kappa shape index (κ2) is 8.58. The molecule has 2 heterocycles. The number of fused-ring (bicyclic) bond motifs is 1. The Morgan fingerprint density at radius 2 is 2.12 bits per heavy atom. The van der Waals surface area contributed by atoms with Gasteiger partial charge in [0.05, 0.1) is 16.0 Å². The van der Waals surface area contributed by atoms with Crippen LogP contribution in [-0.4, -0.2) is 39.4 Å². The highest BCUT2D eigenvalue weighted by atomic mass is 19.1. The zero-order valence-electron chi connectivity index (χ0n) is 15.3. The van der Waals surface area contributed by atoms with E-state index in [1.165, 1.54) is 51.3 Å². The van der Waals surface area contributed by atoms with Crippen molar-refractivity contribution < 1.29 is 9.31 Å². The number of H-pyrrole nitrogens is 1. The molecule has 0 amide bonds. The summed E-state index contributed by atoms with van der Waals surface area (Å²) in [5.74, 6) is 0.827. The van der Waals surface area contributed by atoms with Gasteiger partial charge in [-0.3, -0.25) is 10.1 Å². The summed E-state index contributed by atoms with van der Waals surface area (Å²) in [5.41, 5.74) is 0.436. The fraction of sp³-hybridized carbons (Fsp3) is 0.632. The number of nitrogens with zero attached hydrogens (tertiary/aromatic N) is 3. The van der Waals surface area contributed by atoms with Gasteiger partial charge in [-0.25, -0.2) is 4.98 Å². The molecule has 0 saturated carbocycles.